The van der Waals surface area contributed by atoms with Gasteiger partial charge in [0.1, 0.15) is 0 Å². The topological polar surface area (TPSA) is 15.3 Å². The van der Waals surface area contributed by atoms with Crippen molar-refractivity contribution in [1.29, 1.82) is 0 Å². The highest BCUT2D eigenvalue weighted by Crippen LogP contribution is 2.28. The fourth-order valence-corrected chi connectivity index (χ4v) is 3.67. The van der Waals surface area contributed by atoms with Gasteiger partial charge in [-0.05, 0) is 52.0 Å². The fraction of sp³-hybridized carbons (Fsp3) is 1.00. The average molecular weight is 238 g/mol. The predicted molar refractivity (Wildman–Crippen MR) is 74.3 cm³/mol. The van der Waals surface area contributed by atoms with Crippen molar-refractivity contribution in [3.05, 3.63) is 0 Å². The average Bonchev–Trinajstić information content (AvgIpc) is 2.61. The molecule has 0 aromatic carbocycles. The van der Waals surface area contributed by atoms with Crippen LogP contribution < -0.4 is 5.32 Å². The van der Waals surface area contributed by atoms with Crippen LogP contribution in [0.2, 0.25) is 0 Å². The van der Waals surface area contributed by atoms with Crippen molar-refractivity contribution in [1.82, 2.24) is 10.2 Å². The highest BCUT2D eigenvalue weighted by molar-refractivity contribution is 4.88. The highest BCUT2D eigenvalue weighted by Gasteiger charge is 2.29. The van der Waals surface area contributed by atoms with Crippen LogP contribution in [-0.2, 0) is 0 Å². The minimum atomic E-state index is 0.753. The summed E-state index contributed by atoms with van der Waals surface area (Å²) < 4.78 is 0. The van der Waals surface area contributed by atoms with Gasteiger partial charge in [0.15, 0.2) is 0 Å². The summed E-state index contributed by atoms with van der Waals surface area (Å²) in [4.78, 5) is 2.49. The number of rotatable bonds is 4. The zero-order chi connectivity index (χ0) is 12.3. The maximum Gasteiger partial charge on any atom is 0.0212 e. The molecule has 100 valence electrons. The molecule has 0 aromatic heterocycles. The zero-order valence-electron chi connectivity index (χ0n) is 11.9. The molecule has 1 heterocycles. The van der Waals surface area contributed by atoms with Crippen molar-refractivity contribution < 1.29 is 0 Å². The molecule has 1 aliphatic heterocycles. The Balaban J connectivity index is 1.68. The van der Waals surface area contributed by atoms with Crippen molar-refractivity contribution >= 4 is 0 Å². The van der Waals surface area contributed by atoms with Gasteiger partial charge in [0.2, 0.25) is 0 Å². The SMILES string of the molecule is CCCC1CCC(NC2CC(C)N(C)C2)CC1. The number of hydrogen-bond acceptors (Lipinski definition) is 2. The van der Waals surface area contributed by atoms with E-state index < -0.39 is 0 Å². The van der Waals surface area contributed by atoms with Gasteiger partial charge in [0, 0.05) is 24.7 Å². The van der Waals surface area contributed by atoms with Crippen LogP contribution in [0.3, 0.4) is 0 Å². The minimum absolute atomic E-state index is 0.753. The number of nitrogens with zero attached hydrogens (tertiary/aromatic N) is 1. The number of hydrogen-bond donors (Lipinski definition) is 1. The van der Waals surface area contributed by atoms with E-state index in [2.05, 4.69) is 31.1 Å². The fourth-order valence-electron chi connectivity index (χ4n) is 3.67. The first kappa shape index (κ1) is 13.4. The molecule has 1 N–H and O–H groups in total. The van der Waals surface area contributed by atoms with Crippen LogP contribution in [0.15, 0.2) is 0 Å². The third-order valence-corrected chi connectivity index (χ3v) is 4.90. The summed E-state index contributed by atoms with van der Waals surface area (Å²) in [7, 11) is 2.25. The molecule has 17 heavy (non-hydrogen) atoms. The number of likely N-dealkylation sites (tertiary alicyclic amines) is 1. The lowest BCUT2D eigenvalue weighted by atomic mass is 9.83. The maximum absolute atomic E-state index is 3.90. The lowest BCUT2D eigenvalue weighted by molar-refractivity contribution is 0.261. The first-order chi connectivity index (χ1) is 8.19. The predicted octanol–water partition coefficient (Wildman–Crippen LogP) is 3.03. The molecule has 1 aliphatic carbocycles. The van der Waals surface area contributed by atoms with Crippen LogP contribution in [-0.4, -0.2) is 36.6 Å². The number of likely N-dealkylation sites (N-methyl/N-ethyl adjacent to an activating group) is 1. The lowest BCUT2D eigenvalue weighted by Gasteiger charge is -2.31. The minimum Gasteiger partial charge on any atom is -0.310 e. The molecule has 2 atom stereocenters. The molecule has 0 bridgehead atoms. The molecule has 0 amide bonds. The Morgan fingerprint density at radius 2 is 1.82 bits per heavy atom. The van der Waals surface area contributed by atoms with Gasteiger partial charge < -0.3 is 10.2 Å². The summed E-state index contributed by atoms with van der Waals surface area (Å²) in [6.45, 7) is 5.91. The van der Waals surface area contributed by atoms with Crippen LogP contribution in [0, 0.1) is 5.92 Å². The zero-order valence-corrected chi connectivity index (χ0v) is 11.9. The van der Waals surface area contributed by atoms with Crippen LogP contribution in [0.4, 0.5) is 0 Å². The van der Waals surface area contributed by atoms with Crippen LogP contribution in [0.25, 0.3) is 0 Å². The molecule has 0 spiro atoms. The van der Waals surface area contributed by atoms with Gasteiger partial charge >= 0.3 is 0 Å². The van der Waals surface area contributed by atoms with E-state index in [4.69, 9.17) is 0 Å². The molecule has 2 fully saturated rings. The van der Waals surface area contributed by atoms with E-state index in [0.717, 1.165) is 24.0 Å². The summed E-state index contributed by atoms with van der Waals surface area (Å²) in [5.74, 6) is 1.03. The van der Waals surface area contributed by atoms with Crippen molar-refractivity contribution in [3.8, 4) is 0 Å². The molecular formula is C15H30N2. The largest absolute Gasteiger partial charge is 0.310 e. The molecular weight excluding hydrogens is 208 g/mol. The Labute approximate surface area is 107 Å². The standard InChI is InChI=1S/C15H30N2/c1-4-5-13-6-8-14(9-7-13)16-15-10-12(2)17(3)11-15/h12-16H,4-11H2,1-3H3. The van der Waals surface area contributed by atoms with Gasteiger partial charge in [-0.3, -0.25) is 0 Å². The van der Waals surface area contributed by atoms with Gasteiger partial charge in [-0.25, -0.2) is 0 Å². The molecule has 0 aromatic rings. The summed E-state index contributed by atoms with van der Waals surface area (Å²) in [5, 5.41) is 3.90. The molecule has 2 unspecified atom stereocenters. The van der Waals surface area contributed by atoms with Gasteiger partial charge in [-0.1, -0.05) is 19.8 Å². The van der Waals surface area contributed by atoms with E-state index in [0.29, 0.717) is 0 Å². The molecule has 2 aliphatic rings. The molecule has 2 heteroatoms. The second-order valence-electron chi connectivity index (χ2n) is 6.39. The quantitative estimate of drug-likeness (QED) is 0.810. The van der Waals surface area contributed by atoms with Crippen molar-refractivity contribution in [2.45, 2.75) is 76.9 Å². The smallest absolute Gasteiger partial charge is 0.0212 e. The maximum atomic E-state index is 3.90. The van der Waals surface area contributed by atoms with Crippen molar-refractivity contribution in [2.24, 2.45) is 5.92 Å². The first-order valence-electron chi connectivity index (χ1n) is 7.65. The molecule has 0 radical (unpaired) electrons. The van der Waals surface area contributed by atoms with Gasteiger partial charge in [-0.15, -0.1) is 0 Å². The molecule has 1 saturated carbocycles. The third kappa shape index (κ3) is 3.69. The van der Waals surface area contributed by atoms with Gasteiger partial charge in [0.25, 0.3) is 0 Å². The normalized spacial score (nSPS) is 39.7. The van der Waals surface area contributed by atoms with E-state index >= 15 is 0 Å². The number of nitrogens with one attached hydrogen (secondary N) is 1. The van der Waals surface area contributed by atoms with E-state index in [1.54, 1.807) is 0 Å². The molecule has 2 nitrogen and oxygen atoms in total. The summed E-state index contributed by atoms with van der Waals surface area (Å²) in [6, 6.07) is 2.33. The Kier molecular flexibility index (Phi) is 4.87. The summed E-state index contributed by atoms with van der Waals surface area (Å²) >= 11 is 0. The Bertz CT molecular complexity index is 211. The van der Waals surface area contributed by atoms with E-state index in [-0.39, 0.29) is 0 Å². The first-order valence-corrected chi connectivity index (χ1v) is 7.65. The van der Waals surface area contributed by atoms with E-state index in [1.807, 2.05) is 0 Å². The van der Waals surface area contributed by atoms with Crippen LogP contribution in [0.1, 0.15) is 58.8 Å². The lowest BCUT2D eigenvalue weighted by Crippen LogP contribution is -2.41. The van der Waals surface area contributed by atoms with Crippen molar-refractivity contribution in [2.75, 3.05) is 13.6 Å². The third-order valence-electron chi connectivity index (χ3n) is 4.90. The van der Waals surface area contributed by atoms with Gasteiger partial charge in [0.05, 0.1) is 0 Å². The Hall–Kier alpha value is -0.0800. The second-order valence-corrected chi connectivity index (χ2v) is 6.39. The summed E-state index contributed by atoms with van der Waals surface area (Å²) in [6.07, 6.45) is 9.92. The Morgan fingerprint density at radius 3 is 2.35 bits per heavy atom. The highest BCUT2D eigenvalue weighted by atomic mass is 15.2. The monoisotopic (exact) mass is 238 g/mol. The van der Waals surface area contributed by atoms with Crippen molar-refractivity contribution in [3.63, 3.8) is 0 Å². The Morgan fingerprint density at radius 1 is 1.12 bits per heavy atom. The van der Waals surface area contributed by atoms with Gasteiger partial charge in [-0.2, -0.15) is 0 Å². The van der Waals surface area contributed by atoms with Crippen LogP contribution in [0.5, 0.6) is 0 Å². The van der Waals surface area contributed by atoms with Crippen LogP contribution >= 0.6 is 0 Å². The summed E-state index contributed by atoms with van der Waals surface area (Å²) in [5.41, 5.74) is 0. The molecule has 1 saturated heterocycles. The second kappa shape index (κ2) is 6.19. The van der Waals surface area contributed by atoms with E-state index in [1.165, 1.54) is 51.5 Å². The molecule has 2 rings (SSSR count). The van der Waals surface area contributed by atoms with E-state index in [9.17, 15) is 0 Å².